The van der Waals surface area contributed by atoms with Gasteiger partial charge in [0.05, 0.1) is 22.6 Å². The standard InChI is InChI=1S/C25H23ClF2N2O5S/c26-21-15-3-1-2-4-20(15)36-22(21)24(32)30-10-9-29-23(31)16-11-18(28)19(12-17(16)27)35-14-7-5-13(6-8-14)25(33)34/h1-4,11-14H,5-10H2,(H,29,31)(H,30,32)(H,33,34). The minimum atomic E-state index is -0.954. The predicted molar refractivity (Wildman–Crippen MR) is 132 cm³/mol. The van der Waals surface area contributed by atoms with Gasteiger partial charge in [-0.3, -0.25) is 14.4 Å². The fourth-order valence-electron chi connectivity index (χ4n) is 4.09. The van der Waals surface area contributed by atoms with Gasteiger partial charge in [0.25, 0.3) is 11.8 Å². The monoisotopic (exact) mass is 536 g/mol. The molecule has 2 aromatic carbocycles. The van der Waals surface area contributed by atoms with E-state index in [1.165, 1.54) is 11.3 Å². The zero-order chi connectivity index (χ0) is 25.8. The van der Waals surface area contributed by atoms with Gasteiger partial charge in [0.1, 0.15) is 10.7 Å². The summed E-state index contributed by atoms with van der Waals surface area (Å²) in [6.07, 6.45) is 1.20. The number of hydrogen-bond acceptors (Lipinski definition) is 5. The topological polar surface area (TPSA) is 105 Å². The maximum absolute atomic E-state index is 14.5. The van der Waals surface area contributed by atoms with Crippen molar-refractivity contribution in [3.05, 3.63) is 63.5 Å². The van der Waals surface area contributed by atoms with E-state index in [1.54, 1.807) is 0 Å². The molecular weight excluding hydrogens is 514 g/mol. The SMILES string of the molecule is O=C(NCCNC(=O)c1sc2ccccc2c1Cl)c1cc(F)c(OC2CCC(C(=O)O)CC2)cc1F. The van der Waals surface area contributed by atoms with E-state index in [-0.39, 0.29) is 18.8 Å². The Labute approximate surface area is 214 Å². The second-order valence-corrected chi connectivity index (χ2v) is 9.88. The Morgan fingerprint density at radius 2 is 1.67 bits per heavy atom. The van der Waals surface area contributed by atoms with Crippen LogP contribution in [-0.4, -0.2) is 42.1 Å². The van der Waals surface area contributed by atoms with Gasteiger partial charge in [-0.05, 0) is 37.8 Å². The highest BCUT2D eigenvalue weighted by Gasteiger charge is 2.28. The van der Waals surface area contributed by atoms with E-state index in [0.29, 0.717) is 35.6 Å². The summed E-state index contributed by atoms with van der Waals surface area (Å²) in [6.45, 7) is 0.0404. The van der Waals surface area contributed by atoms with E-state index in [1.807, 2.05) is 24.3 Å². The molecule has 2 amide bonds. The van der Waals surface area contributed by atoms with Crippen LogP contribution in [0.15, 0.2) is 36.4 Å². The van der Waals surface area contributed by atoms with E-state index in [2.05, 4.69) is 10.6 Å². The summed E-state index contributed by atoms with van der Waals surface area (Å²) in [5, 5.41) is 15.3. The van der Waals surface area contributed by atoms with Gasteiger partial charge in [0.15, 0.2) is 11.6 Å². The predicted octanol–water partition coefficient (Wildman–Crippen LogP) is 5.01. The van der Waals surface area contributed by atoms with Crippen LogP contribution >= 0.6 is 22.9 Å². The molecule has 1 fully saturated rings. The zero-order valence-electron chi connectivity index (χ0n) is 19.0. The molecule has 0 aliphatic heterocycles. The minimum absolute atomic E-state index is 0.0147. The summed E-state index contributed by atoms with van der Waals surface area (Å²) in [5.74, 6) is -4.73. The van der Waals surface area contributed by atoms with Gasteiger partial charge in [-0.2, -0.15) is 0 Å². The number of halogens is 3. The minimum Gasteiger partial charge on any atom is -0.487 e. The van der Waals surface area contributed by atoms with E-state index in [4.69, 9.17) is 21.4 Å². The molecule has 190 valence electrons. The van der Waals surface area contributed by atoms with Crippen LogP contribution < -0.4 is 15.4 Å². The summed E-state index contributed by atoms with van der Waals surface area (Å²) >= 11 is 7.54. The number of aliphatic carboxylic acids is 1. The number of hydrogen-bond donors (Lipinski definition) is 3. The van der Waals surface area contributed by atoms with Crippen molar-refractivity contribution < 1.29 is 33.0 Å². The first kappa shape index (κ1) is 25.8. The van der Waals surface area contributed by atoms with Crippen molar-refractivity contribution in [3.63, 3.8) is 0 Å². The number of carbonyl (C=O) groups excluding carboxylic acids is 2. The van der Waals surface area contributed by atoms with Crippen molar-refractivity contribution in [3.8, 4) is 5.75 Å². The Morgan fingerprint density at radius 1 is 1.00 bits per heavy atom. The van der Waals surface area contributed by atoms with Gasteiger partial charge < -0.3 is 20.5 Å². The normalized spacial score (nSPS) is 17.5. The van der Waals surface area contributed by atoms with Gasteiger partial charge in [0, 0.05) is 29.2 Å². The third-order valence-electron chi connectivity index (χ3n) is 6.02. The van der Waals surface area contributed by atoms with Crippen LogP contribution in [0.1, 0.15) is 45.7 Å². The molecule has 0 spiro atoms. The highest BCUT2D eigenvalue weighted by Crippen LogP contribution is 2.35. The molecule has 1 aromatic heterocycles. The average molecular weight is 537 g/mol. The van der Waals surface area contributed by atoms with E-state index < -0.39 is 47.0 Å². The lowest BCUT2D eigenvalue weighted by molar-refractivity contribution is -0.143. The summed E-state index contributed by atoms with van der Waals surface area (Å²) in [6, 6.07) is 8.93. The summed E-state index contributed by atoms with van der Waals surface area (Å²) in [4.78, 5) is 36.2. The Balaban J connectivity index is 1.28. The van der Waals surface area contributed by atoms with Gasteiger partial charge >= 0.3 is 5.97 Å². The smallest absolute Gasteiger partial charge is 0.306 e. The molecule has 3 aromatic rings. The van der Waals surface area contributed by atoms with Crippen molar-refractivity contribution in [2.45, 2.75) is 31.8 Å². The van der Waals surface area contributed by atoms with Crippen LogP contribution in [-0.2, 0) is 4.79 Å². The second kappa shape index (κ2) is 11.2. The first-order valence-electron chi connectivity index (χ1n) is 11.4. The lowest BCUT2D eigenvalue weighted by Gasteiger charge is -2.27. The maximum Gasteiger partial charge on any atom is 0.306 e. The molecule has 1 heterocycles. The molecule has 0 radical (unpaired) electrons. The summed E-state index contributed by atoms with van der Waals surface area (Å²) < 4.78 is 35.5. The highest BCUT2D eigenvalue weighted by molar-refractivity contribution is 7.21. The van der Waals surface area contributed by atoms with Gasteiger partial charge in [0.2, 0.25) is 0 Å². The number of fused-ring (bicyclic) bond motifs is 1. The first-order valence-corrected chi connectivity index (χ1v) is 12.6. The number of nitrogens with one attached hydrogen (secondary N) is 2. The van der Waals surface area contributed by atoms with Crippen molar-refractivity contribution in [2.24, 2.45) is 5.92 Å². The van der Waals surface area contributed by atoms with E-state index >= 15 is 0 Å². The number of ether oxygens (including phenoxy) is 1. The Hall–Kier alpha value is -3.24. The van der Waals surface area contributed by atoms with Crippen LogP contribution in [0, 0.1) is 17.6 Å². The fourth-order valence-corrected chi connectivity index (χ4v) is 5.52. The van der Waals surface area contributed by atoms with Crippen molar-refractivity contribution in [1.29, 1.82) is 0 Å². The lowest BCUT2D eigenvalue weighted by atomic mass is 9.87. The molecule has 1 aliphatic rings. The van der Waals surface area contributed by atoms with Crippen LogP contribution in [0.2, 0.25) is 5.02 Å². The largest absolute Gasteiger partial charge is 0.487 e. The third kappa shape index (κ3) is 5.76. The molecular formula is C25H23ClF2N2O5S. The molecule has 36 heavy (non-hydrogen) atoms. The molecule has 1 saturated carbocycles. The molecule has 0 unspecified atom stereocenters. The Bertz CT molecular complexity index is 1310. The van der Waals surface area contributed by atoms with Crippen LogP contribution in [0.3, 0.4) is 0 Å². The number of amides is 2. The number of carbonyl (C=O) groups is 3. The van der Waals surface area contributed by atoms with E-state index in [0.717, 1.165) is 22.2 Å². The molecule has 7 nitrogen and oxygen atoms in total. The summed E-state index contributed by atoms with van der Waals surface area (Å²) in [5.41, 5.74) is -0.492. The van der Waals surface area contributed by atoms with Gasteiger partial charge in [-0.1, -0.05) is 29.8 Å². The zero-order valence-corrected chi connectivity index (χ0v) is 20.6. The average Bonchev–Trinajstić information content (AvgIpc) is 3.20. The number of benzene rings is 2. The van der Waals surface area contributed by atoms with Crippen molar-refractivity contribution >= 4 is 50.8 Å². The molecule has 0 saturated heterocycles. The molecule has 0 bridgehead atoms. The number of rotatable bonds is 8. The quantitative estimate of drug-likeness (QED) is 0.351. The Morgan fingerprint density at radius 3 is 2.33 bits per heavy atom. The second-order valence-electron chi connectivity index (χ2n) is 8.45. The number of carboxylic acids is 1. The lowest BCUT2D eigenvalue weighted by Crippen LogP contribution is -2.35. The van der Waals surface area contributed by atoms with Crippen molar-refractivity contribution in [1.82, 2.24) is 10.6 Å². The van der Waals surface area contributed by atoms with Gasteiger partial charge in [-0.15, -0.1) is 11.3 Å². The molecule has 0 atom stereocenters. The van der Waals surface area contributed by atoms with Crippen LogP contribution in [0.4, 0.5) is 8.78 Å². The molecule has 11 heteroatoms. The fraction of sp³-hybridized carbons (Fsp3) is 0.320. The third-order valence-corrected chi connectivity index (χ3v) is 7.69. The number of thiophene rings is 1. The molecule has 1 aliphatic carbocycles. The summed E-state index contributed by atoms with van der Waals surface area (Å²) in [7, 11) is 0. The number of carboxylic acid groups (broad SMARTS) is 1. The Kier molecular flexibility index (Phi) is 8.05. The first-order chi connectivity index (χ1) is 17.2. The van der Waals surface area contributed by atoms with Gasteiger partial charge in [-0.25, -0.2) is 8.78 Å². The van der Waals surface area contributed by atoms with Crippen molar-refractivity contribution in [2.75, 3.05) is 13.1 Å². The molecule has 4 rings (SSSR count). The highest BCUT2D eigenvalue weighted by atomic mass is 35.5. The van der Waals surface area contributed by atoms with Crippen LogP contribution in [0.25, 0.3) is 10.1 Å². The van der Waals surface area contributed by atoms with E-state index in [9.17, 15) is 23.2 Å². The van der Waals surface area contributed by atoms with Crippen LogP contribution in [0.5, 0.6) is 5.75 Å². The molecule has 3 N–H and O–H groups in total. The maximum atomic E-state index is 14.5.